The van der Waals surface area contributed by atoms with Gasteiger partial charge in [-0.25, -0.2) is 14.5 Å². The lowest BCUT2D eigenvalue weighted by molar-refractivity contribution is -0.116. The monoisotopic (exact) mass is 283 g/mol. The maximum Gasteiger partial charge on any atom is 0.335 e. The Morgan fingerprint density at radius 1 is 1.30 bits per heavy atom. The number of imide groups is 2. The molecule has 2 rings (SSSR count). The van der Waals surface area contributed by atoms with Crippen LogP contribution in [-0.2, 0) is 14.3 Å². The van der Waals surface area contributed by atoms with E-state index in [1.807, 2.05) is 0 Å². The lowest BCUT2D eigenvalue weighted by atomic mass is 10.4. The largest absolute Gasteiger partial charge is 0.371 e. The van der Waals surface area contributed by atoms with Crippen LogP contribution in [0.1, 0.15) is 0 Å². The van der Waals surface area contributed by atoms with Crippen LogP contribution in [0.15, 0.2) is 12.7 Å². The molecule has 2 aliphatic rings. The minimum absolute atomic E-state index is 0.0154. The van der Waals surface area contributed by atoms with Gasteiger partial charge in [0.25, 0.3) is 0 Å². The fourth-order valence-electron chi connectivity index (χ4n) is 1.57. The number of ether oxygens (including phenoxy) is 2. The highest BCUT2D eigenvalue weighted by molar-refractivity contribution is 5.97. The second-order valence-electron chi connectivity index (χ2n) is 4.54. The van der Waals surface area contributed by atoms with Crippen molar-refractivity contribution < 1.29 is 23.9 Å². The second kappa shape index (κ2) is 6.49. The van der Waals surface area contributed by atoms with E-state index in [4.69, 9.17) is 9.47 Å². The first-order valence-electron chi connectivity index (χ1n) is 6.31. The summed E-state index contributed by atoms with van der Waals surface area (Å²) in [6, 6.07) is -1.27. The van der Waals surface area contributed by atoms with Crippen LogP contribution < -0.4 is 5.32 Å². The van der Waals surface area contributed by atoms with E-state index in [9.17, 15) is 14.4 Å². The summed E-state index contributed by atoms with van der Waals surface area (Å²) in [6.45, 7) is 5.13. The first kappa shape index (κ1) is 14.5. The highest BCUT2D eigenvalue weighted by Gasteiger charge is 2.32. The molecule has 0 aromatic carbocycles. The number of urea groups is 2. The Kier molecular flexibility index (Phi) is 4.70. The van der Waals surface area contributed by atoms with E-state index in [0.717, 1.165) is 9.80 Å². The van der Waals surface area contributed by atoms with Crippen LogP contribution >= 0.6 is 0 Å². The predicted molar refractivity (Wildman–Crippen MR) is 67.9 cm³/mol. The van der Waals surface area contributed by atoms with Crippen molar-refractivity contribution >= 4 is 18.5 Å². The quantitative estimate of drug-likeness (QED) is 0.388. The first-order valence-corrected chi connectivity index (χ1v) is 6.31. The summed E-state index contributed by atoms with van der Waals surface area (Å²) in [4.78, 5) is 36.9. The molecule has 2 saturated heterocycles. The van der Waals surface area contributed by atoms with Gasteiger partial charge in [-0.15, -0.1) is 6.58 Å². The van der Waals surface area contributed by atoms with Crippen molar-refractivity contribution in [2.24, 2.45) is 0 Å². The van der Waals surface area contributed by atoms with Gasteiger partial charge in [0, 0.05) is 6.54 Å². The molecule has 1 N–H and O–H groups in total. The molecule has 0 aromatic rings. The molecule has 0 bridgehead atoms. The molecule has 2 aliphatic heterocycles. The van der Waals surface area contributed by atoms with E-state index in [1.165, 1.54) is 6.08 Å². The minimum Gasteiger partial charge on any atom is -0.371 e. The van der Waals surface area contributed by atoms with Crippen LogP contribution in [0, 0.1) is 0 Å². The highest BCUT2D eigenvalue weighted by atomic mass is 16.6. The Hall–Kier alpha value is -1.93. The summed E-state index contributed by atoms with van der Waals surface area (Å²) in [5, 5.41) is 2.58. The van der Waals surface area contributed by atoms with E-state index in [-0.39, 0.29) is 25.3 Å². The molecule has 8 heteroatoms. The molecule has 2 fully saturated rings. The van der Waals surface area contributed by atoms with Gasteiger partial charge < -0.3 is 14.8 Å². The van der Waals surface area contributed by atoms with Gasteiger partial charge in [0.15, 0.2) is 0 Å². The molecule has 2 atom stereocenters. The molecule has 8 nitrogen and oxygen atoms in total. The van der Waals surface area contributed by atoms with Gasteiger partial charge in [-0.05, 0) is 0 Å². The van der Waals surface area contributed by atoms with Crippen molar-refractivity contribution in [3.05, 3.63) is 12.7 Å². The van der Waals surface area contributed by atoms with Crippen LogP contribution in [0.2, 0.25) is 0 Å². The summed E-state index contributed by atoms with van der Waals surface area (Å²) in [6.07, 6.45) is 1.71. The van der Waals surface area contributed by atoms with Crippen molar-refractivity contribution in [2.75, 3.05) is 32.8 Å². The van der Waals surface area contributed by atoms with E-state index < -0.39 is 12.1 Å². The number of amides is 5. The van der Waals surface area contributed by atoms with Gasteiger partial charge in [0.2, 0.25) is 6.41 Å². The summed E-state index contributed by atoms with van der Waals surface area (Å²) in [5.74, 6) is 0. The molecule has 110 valence electrons. The Morgan fingerprint density at radius 3 is 2.45 bits per heavy atom. The van der Waals surface area contributed by atoms with Crippen LogP contribution in [0.4, 0.5) is 9.59 Å². The zero-order chi connectivity index (χ0) is 14.5. The third kappa shape index (κ3) is 4.04. The summed E-state index contributed by atoms with van der Waals surface area (Å²) in [7, 11) is 0. The van der Waals surface area contributed by atoms with Crippen LogP contribution in [0.25, 0.3) is 0 Å². The number of carbonyl (C=O) groups excluding carboxylic acids is 3. The Balaban J connectivity index is 1.92. The molecular weight excluding hydrogens is 266 g/mol. The average Bonchev–Trinajstić information content (AvgIpc) is 3.33. The maximum absolute atomic E-state index is 12.2. The molecule has 0 radical (unpaired) electrons. The van der Waals surface area contributed by atoms with Gasteiger partial charge >= 0.3 is 12.1 Å². The number of carbonyl (C=O) groups is 3. The van der Waals surface area contributed by atoms with Crippen LogP contribution in [-0.4, -0.2) is 73.3 Å². The Bertz CT molecular complexity index is 406. The third-order valence-electron chi connectivity index (χ3n) is 2.85. The number of hydrogen-bond acceptors (Lipinski definition) is 5. The van der Waals surface area contributed by atoms with Gasteiger partial charge in [0.1, 0.15) is 0 Å². The minimum atomic E-state index is -0.690. The normalized spacial score (nSPS) is 22.6. The smallest absolute Gasteiger partial charge is 0.335 e. The number of epoxide rings is 2. The number of hydrogen-bond donors (Lipinski definition) is 1. The van der Waals surface area contributed by atoms with Gasteiger partial charge in [0.05, 0.1) is 38.5 Å². The summed E-state index contributed by atoms with van der Waals surface area (Å²) < 4.78 is 9.94. The summed E-state index contributed by atoms with van der Waals surface area (Å²) >= 11 is 0. The van der Waals surface area contributed by atoms with Crippen LogP contribution in [0.3, 0.4) is 0 Å². The van der Waals surface area contributed by atoms with Crippen LogP contribution in [0.5, 0.6) is 0 Å². The SMILES string of the molecule is C=CCN(C(=O)NCC1CO1)C(=O)N(C=O)CC1CO1. The van der Waals surface area contributed by atoms with Gasteiger partial charge in [-0.2, -0.15) is 0 Å². The molecule has 0 saturated carbocycles. The first-order chi connectivity index (χ1) is 9.65. The molecule has 20 heavy (non-hydrogen) atoms. The molecule has 0 spiro atoms. The highest BCUT2D eigenvalue weighted by Crippen LogP contribution is 2.12. The second-order valence-corrected chi connectivity index (χ2v) is 4.54. The van der Waals surface area contributed by atoms with Crippen molar-refractivity contribution in [3.63, 3.8) is 0 Å². The van der Waals surface area contributed by atoms with E-state index in [2.05, 4.69) is 11.9 Å². The van der Waals surface area contributed by atoms with E-state index >= 15 is 0 Å². The lowest BCUT2D eigenvalue weighted by Crippen LogP contribution is -2.51. The summed E-state index contributed by atoms with van der Waals surface area (Å²) in [5.41, 5.74) is 0. The molecule has 0 aliphatic carbocycles. The van der Waals surface area contributed by atoms with Gasteiger partial charge in [-0.3, -0.25) is 9.69 Å². The van der Waals surface area contributed by atoms with E-state index in [1.54, 1.807) is 0 Å². The zero-order valence-electron chi connectivity index (χ0n) is 11.0. The maximum atomic E-state index is 12.2. The standard InChI is InChI=1S/C12H17N3O5/c1-2-3-15(11(17)13-4-9-6-19-9)12(18)14(8-16)5-10-7-20-10/h2,8-10H,1,3-7H2,(H,13,17). The number of nitrogens with one attached hydrogen (secondary N) is 1. The van der Waals surface area contributed by atoms with Gasteiger partial charge in [-0.1, -0.05) is 6.08 Å². The molecule has 0 aromatic heterocycles. The molecule has 2 heterocycles. The van der Waals surface area contributed by atoms with E-state index in [0.29, 0.717) is 26.2 Å². The molecule has 2 unspecified atom stereocenters. The Morgan fingerprint density at radius 2 is 1.95 bits per heavy atom. The fourth-order valence-corrected chi connectivity index (χ4v) is 1.57. The lowest BCUT2D eigenvalue weighted by Gasteiger charge is -2.24. The van der Waals surface area contributed by atoms with Crippen molar-refractivity contribution in [3.8, 4) is 0 Å². The fraction of sp³-hybridized carbons (Fsp3) is 0.583. The number of rotatable bonds is 7. The van der Waals surface area contributed by atoms with Crippen molar-refractivity contribution in [2.45, 2.75) is 12.2 Å². The topological polar surface area (TPSA) is 94.8 Å². The predicted octanol–water partition coefficient (Wildman–Crippen LogP) is -0.440. The van der Waals surface area contributed by atoms with Crippen molar-refractivity contribution in [1.82, 2.24) is 15.1 Å². The average molecular weight is 283 g/mol. The third-order valence-corrected chi connectivity index (χ3v) is 2.85. The van der Waals surface area contributed by atoms with Crippen molar-refractivity contribution in [1.29, 1.82) is 0 Å². The number of nitrogens with zero attached hydrogens (tertiary/aromatic N) is 2. The molecule has 5 amide bonds. The zero-order valence-corrected chi connectivity index (χ0v) is 11.0. The Labute approximate surface area is 116 Å². The molecular formula is C12H17N3O5.